The number of carbonyl (C=O) groups is 2. The van der Waals surface area contributed by atoms with E-state index in [9.17, 15) is 14.4 Å². The molecule has 0 saturated heterocycles. The van der Waals surface area contributed by atoms with E-state index in [-0.39, 0.29) is 23.7 Å². The number of nitrogens with one attached hydrogen (secondary N) is 1. The number of benzene rings is 3. The minimum atomic E-state index is -1.32. The zero-order chi connectivity index (χ0) is 25.1. The van der Waals surface area contributed by atoms with Gasteiger partial charge in [0.2, 0.25) is 0 Å². The topological polar surface area (TPSA) is 75.2 Å². The van der Waals surface area contributed by atoms with Crippen molar-refractivity contribution in [2.45, 2.75) is 37.6 Å². The van der Waals surface area contributed by atoms with Crippen LogP contribution in [0.5, 0.6) is 0 Å². The third kappa shape index (κ3) is 3.88. The summed E-state index contributed by atoms with van der Waals surface area (Å²) in [6, 6.07) is 28.0. The van der Waals surface area contributed by atoms with E-state index >= 15 is 0 Å². The Hall–Kier alpha value is -4.19. The molecular formula is C30H29N3O3. The summed E-state index contributed by atoms with van der Waals surface area (Å²) in [5.74, 6) is -0.760. The van der Waals surface area contributed by atoms with Crippen LogP contribution < -0.4 is 10.5 Å². The number of Topliss-reactive ketones (excluding diaryl/α,β-unsaturated/α-hetero) is 1. The number of aromatic nitrogens is 2. The van der Waals surface area contributed by atoms with Crippen LogP contribution in [-0.2, 0) is 10.3 Å². The first kappa shape index (κ1) is 23.5. The molecule has 1 aliphatic heterocycles. The van der Waals surface area contributed by atoms with E-state index in [0.29, 0.717) is 12.1 Å². The van der Waals surface area contributed by atoms with Crippen LogP contribution in [0.1, 0.15) is 53.6 Å². The Bertz CT molecular complexity index is 1420. The lowest BCUT2D eigenvalue weighted by Gasteiger charge is -2.38. The molecule has 0 fully saturated rings. The van der Waals surface area contributed by atoms with Crippen molar-refractivity contribution in [3.05, 3.63) is 124 Å². The molecule has 0 saturated carbocycles. The summed E-state index contributed by atoms with van der Waals surface area (Å²) in [5, 5.41) is 2.87. The van der Waals surface area contributed by atoms with Crippen LogP contribution in [0.15, 0.2) is 102 Å². The number of hydrogen-bond acceptors (Lipinski definition) is 3. The molecule has 0 spiro atoms. The van der Waals surface area contributed by atoms with E-state index in [0.717, 1.165) is 29.7 Å². The number of fused-ring (bicyclic) bond motifs is 1. The lowest BCUT2D eigenvalue weighted by Crippen LogP contribution is -2.51. The van der Waals surface area contributed by atoms with Gasteiger partial charge in [-0.1, -0.05) is 92.2 Å². The molecule has 4 aromatic rings. The largest absolute Gasteiger partial charge is 0.310 e. The predicted molar refractivity (Wildman–Crippen MR) is 140 cm³/mol. The van der Waals surface area contributed by atoms with Gasteiger partial charge in [0.25, 0.3) is 11.5 Å². The monoisotopic (exact) mass is 479 g/mol. The van der Waals surface area contributed by atoms with Crippen molar-refractivity contribution >= 4 is 17.4 Å². The van der Waals surface area contributed by atoms with Gasteiger partial charge in [-0.3, -0.25) is 24.2 Å². The fourth-order valence-corrected chi connectivity index (χ4v) is 5.40. The van der Waals surface area contributed by atoms with Crippen LogP contribution in [0.3, 0.4) is 0 Å². The van der Waals surface area contributed by atoms with Gasteiger partial charge in [-0.25, -0.2) is 0 Å². The van der Waals surface area contributed by atoms with Gasteiger partial charge < -0.3 is 4.90 Å². The van der Waals surface area contributed by atoms with Crippen molar-refractivity contribution < 1.29 is 9.59 Å². The Morgan fingerprint density at radius 1 is 0.889 bits per heavy atom. The quantitative estimate of drug-likeness (QED) is 0.339. The molecule has 1 amide bonds. The zero-order valence-electron chi connectivity index (χ0n) is 20.3. The second-order valence-electron chi connectivity index (χ2n) is 9.21. The van der Waals surface area contributed by atoms with Crippen molar-refractivity contribution in [1.29, 1.82) is 0 Å². The molecule has 0 radical (unpaired) electrons. The molecule has 1 N–H and O–H groups in total. The summed E-state index contributed by atoms with van der Waals surface area (Å²) >= 11 is 0. The first-order valence-corrected chi connectivity index (χ1v) is 12.4. The van der Waals surface area contributed by atoms with Crippen LogP contribution in [-0.4, -0.2) is 28.0 Å². The van der Waals surface area contributed by atoms with Gasteiger partial charge in [0.15, 0.2) is 11.3 Å². The van der Waals surface area contributed by atoms with Crippen LogP contribution >= 0.6 is 0 Å². The van der Waals surface area contributed by atoms with E-state index in [1.807, 2.05) is 77.7 Å². The number of aromatic amines is 1. The van der Waals surface area contributed by atoms with Gasteiger partial charge in [0.05, 0.1) is 0 Å². The molecule has 2 atom stereocenters. The normalized spacial score (nSPS) is 17.7. The molecule has 3 aromatic carbocycles. The second-order valence-corrected chi connectivity index (χ2v) is 9.21. The molecular weight excluding hydrogens is 450 g/mol. The molecule has 0 unspecified atom stereocenters. The van der Waals surface area contributed by atoms with Gasteiger partial charge >= 0.3 is 0 Å². The number of anilines is 1. The van der Waals surface area contributed by atoms with Gasteiger partial charge in [-0.15, -0.1) is 0 Å². The van der Waals surface area contributed by atoms with Gasteiger partial charge in [-0.05, 0) is 18.1 Å². The van der Waals surface area contributed by atoms with Crippen LogP contribution in [0.4, 0.5) is 5.69 Å². The van der Waals surface area contributed by atoms with Crippen molar-refractivity contribution in [1.82, 2.24) is 9.78 Å². The lowest BCUT2D eigenvalue weighted by molar-refractivity contribution is -0.125. The first-order valence-electron chi connectivity index (χ1n) is 12.4. The molecule has 1 aliphatic rings. The second kappa shape index (κ2) is 9.82. The number of para-hydroxylation sites is 1. The molecule has 182 valence electrons. The van der Waals surface area contributed by atoms with Gasteiger partial charge in [-0.2, -0.15) is 0 Å². The highest BCUT2D eigenvalue weighted by molar-refractivity contribution is 6.09. The Labute approximate surface area is 210 Å². The summed E-state index contributed by atoms with van der Waals surface area (Å²) in [6.45, 7) is 2.65. The summed E-state index contributed by atoms with van der Waals surface area (Å²) in [5.41, 5.74) is 1.44. The van der Waals surface area contributed by atoms with Crippen molar-refractivity contribution in [3.63, 3.8) is 0 Å². The Balaban J connectivity index is 1.76. The molecule has 1 aromatic heterocycles. The third-order valence-electron chi connectivity index (χ3n) is 7.09. The minimum absolute atomic E-state index is 0.0596. The van der Waals surface area contributed by atoms with Crippen LogP contribution in [0.2, 0.25) is 0 Å². The third-order valence-corrected chi connectivity index (χ3v) is 7.09. The zero-order valence-corrected chi connectivity index (χ0v) is 20.3. The smallest absolute Gasteiger partial charge is 0.264 e. The number of unbranched alkanes of at least 4 members (excludes halogenated alkanes) is 1. The Morgan fingerprint density at radius 2 is 1.56 bits per heavy atom. The number of hydrogen-bond donors (Lipinski definition) is 1. The maximum atomic E-state index is 14.6. The Kier molecular flexibility index (Phi) is 6.42. The molecule has 0 bridgehead atoms. The van der Waals surface area contributed by atoms with E-state index < -0.39 is 11.5 Å². The van der Waals surface area contributed by atoms with E-state index in [2.05, 4.69) is 12.0 Å². The van der Waals surface area contributed by atoms with E-state index in [1.165, 1.54) is 6.07 Å². The summed E-state index contributed by atoms with van der Waals surface area (Å²) in [4.78, 5) is 42.5. The highest BCUT2D eigenvalue weighted by Crippen LogP contribution is 2.52. The highest BCUT2D eigenvalue weighted by Gasteiger charge is 2.58. The fourth-order valence-electron chi connectivity index (χ4n) is 5.40. The van der Waals surface area contributed by atoms with Crippen molar-refractivity contribution in [2.24, 2.45) is 0 Å². The van der Waals surface area contributed by atoms with Crippen molar-refractivity contribution in [2.75, 3.05) is 11.4 Å². The fraction of sp³-hybridized carbons (Fsp3) is 0.233. The number of ketones is 1. The minimum Gasteiger partial charge on any atom is -0.310 e. The average molecular weight is 480 g/mol. The standard InChI is InChI=1S/C30H29N3O3/c1-2-3-19-32-26-17-11-10-16-24(26)30(29(32)36,33-20-18-28(35)31-33)25(22-12-6-4-7-13-22)21-27(34)23-14-8-5-9-15-23/h4-18,20,25H,2-3,19,21H2,1H3,(H,31,35)/t25-,30-/m1/s1. The summed E-state index contributed by atoms with van der Waals surface area (Å²) < 4.78 is 1.62. The molecule has 0 aliphatic carbocycles. The van der Waals surface area contributed by atoms with Crippen LogP contribution in [0, 0.1) is 0 Å². The van der Waals surface area contributed by atoms with Gasteiger partial charge in [0, 0.05) is 48.0 Å². The van der Waals surface area contributed by atoms with Crippen LogP contribution in [0.25, 0.3) is 0 Å². The number of carbonyl (C=O) groups excluding carboxylic acids is 2. The highest BCUT2D eigenvalue weighted by atomic mass is 16.2. The molecule has 36 heavy (non-hydrogen) atoms. The SMILES string of the molecule is CCCCN1C(=O)[C@@]([C@H](CC(=O)c2ccccc2)c2ccccc2)(n2ccc(=O)[nH]2)c2ccccc21. The number of nitrogens with zero attached hydrogens (tertiary/aromatic N) is 2. The van der Waals surface area contributed by atoms with Crippen molar-refractivity contribution in [3.8, 4) is 0 Å². The van der Waals surface area contributed by atoms with E-state index in [4.69, 9.17) is 0 Å². The number of rotatable bonds is 9. The molecule has 6 heteroatoms. The maximum Gasteiger partial charge on any atom is 0.264 e. The molecule has 6 nitrogen and oxygen atoms in total. The lowest BCUT2D eigenvalue weighted by atomic mass is 9.72. The van der Waals surface area contributed by atoms with E-state index in [1.54, 1.807) is 23.0 Å². The average Bonchev–Trinajstić information content (AvgIpc) is 3.46. The predicted octanol–water partition coefficient (Wildman–Crippen LogP) is 5.12. The maximum absolute atomic E-state index is 14.6. The summed E-state index contributed by atoms with van der Waals surface area (Å²) in [7, 11) is 0. The Morgan fingerprint density at radius 3 is 2.22 bits per heavy atom. The van der Waals surface area contributed by atoms with Gasteiger partial charge in [0.1, 0.15) is 0 Å². The molecule has 5 rings (SSSR count). The number of H-pyrrole nitrogens is 1. The number of amides is 1. The molecule has 2 heterocycles. The first-order chi connectivity index (χ1) is 17.6. The summed E-state index contributed by atoms with van der Waals surface area (Å²) in [6.07, 6.45) is 3.50.